The van der Waals surface area contributed by atoms with Gasteiger partial charge in [-0.1, -0.05) is 23.7 Å². The molecule has 0 heterocycles. The maximum atomic E-state index is 13.4. The Kier molecular flexibility index (Phi) is 5.05. The molecule has 3 aromatic carbocycles. The number of halogens is 3. The molecule has 3 rings (SSSR count). The summed E-state index contributed by atoms with van der Waals surface area (Å²) in [6, 6.07) is 16.5. The lowest BCUT2D eigenvalue weighted by atomic mass is 10.2. The topological polar surface area (TPSA) is 41.5 Å². The zero-order valence-electron chi connectivity index (χ0n) is 13.0. The van der Waals surface area contributed by atoms with Gasteiger partial charge in [0, 0.05) is 11.6 Å². The molecule has 6 heteroatoms. The van der Waals surface area contributed by atoms with E-state index in [1.54, 1.807) is 36.4 Å². The molecule has 0 saturated carbocycles. The fourth-order valence-corrected chi connectivity index (χ4v) is 2.36. The minimum atomic E-state index is -1.27. The molecule has 25 heavy (non-hydrogen) atoms. The van der Waals surface area contributed by atoms with Gasteiger partial charge in [-0.2, -0.15) is 4.39 Å². The molecule has 2 N–H and O–H groups in total. The lowest BCUT2D eigenvalue weighted by Gasteiger charge is -2.11. The molecule has 0 unspecified atom stereocenters. The summed E-state index contributed by atoms with van der Waals surface area (Å²) in [5.41, 5.74) is 0.957. The van der Waals surface area contributed by atoms with E-state index in [9.17, 15) is 13.9 Å². The van der Waals surface area contributed by atoms with Gasteiger partial charge >= 0.3 is 0 Å². The first-order chi connectivity index (χ1) is 12.0. The van der Waals surface area contributed by atoms with Gasteiger partial charge in [0.25, 0.3) is 0 Å². The Bertz CT molecular complexity index is 885. The highest BCUT2D eigenvalue weighted by molar-refractivity contribution is 6.30. The highest BCUT2D eigenvalue weighted by Gasteiger charge is 2.12. The van der Waals surface area contributed by atoms with E-state index in [0.29, 0.717) is 23.1 Å². The molecule has 0 bridgehead atoms. The first kappa shape index (κ1) is 17.0. The highest BCUT2D eigenvalue weighted by atomic mass is 35.5. The van der Waals surface area contributed by atoms with Crippen molar-refractivity contribution in [3.8, 4) is 17.2 Å². The number of rotatable bonds is 5. The minimum Gasteiger partial charge on any atom is -0.503 e. The second-order valence-corrected chi connectivity index (χ2v) is 5.75. The van der Waals surface area contributed by atoms with Crippen LogP contribution in [0.15, 0.2) is 60.7 Å². The number of anilines is 1. The van der Waals surface area contributed by atoms with Crippen LogP contribution >= 0.6 is 11.6 Å². The first-order valence-corrected chi connectivity index (χ1v) is 7.84. The molecular weight excluding hydrogens is 348 g/mol. The lowest BCUT2D eigenvalue weighted by Crippen LogP contribution is -2.01. The van der Waals surface area contributed by atoms with Crippen LogP contribution in [-0.4, -0.2) is 5.11 Å². The number of phenols is 1. The van der Waals surface area contributed by atoms with Crippen molar-refractivity contribution >= 4 is 17.3 Å². The van der Waals surface area contributed by atoms with E-state index in [1.165, 1.54) is 6.07 Å². The van der Waals surface area contributed by atoms with E-state index in [-0.39, 0.29) is 5.69 Å². The van der Waals surface area contributed by atoms with Crippen LogP contribution in [0.4, 0.5) is 14.5 Å². The van der Waals surface area contributed by atoms with Crippen LogP contribution in [0.3, 0.4) is 0 Å². The van der Waals surface area contributed by atoms with Crippen molar-refractivity contribution in [1.29, 1.82) is 0 Å². The van der Waals surface area contributed by atoms with Gasteiger partial charge in [-0.05, 0) is 54.1 Å². The van der Waals surface area contributed by atoms with Crippen molar-refractivity contribution < 1.29 is 18.6 Å². The Hall–Kier alpha value is -2.79. The second-order valence-electron chi connectivity index (χ2n) is 5.31. The normalized spacial score (nSPS) is 10.5. The maximum absolute atomic E-state index is 13.4. The number of hydrogen-bond acceptors (Lipinski definition) is 3. The Morgan fingerprint density at radius 2 is 1.72 bits per heavy atom. The first-order valence-electron chi connectivity index (χ1n) is 7.46. The fraction of sp³-hybridized carbons (Fsp3) is 0.0526. The maximum Gasteiger partial charge on any atom is 0.202 e. The van der Waals surface area contributed by atoms with E-state index in [2.05, 4.69) is 5.32 Å². The molecule has 0 saturated heterocycles. The number of benzene rings is 3. The van der Waals surface area contributed by atoms with Gasteiger partial charge in [0.1, 0.15) is 11.5 Å². The zero-order chi connectivity index (χ0) is 17.8. The highest BCUT2D eigenvalue weighted by Crippen LogP contribution is 2.29. The van der Waals surface area contributed by atoms with E-state index >= 15 is 0 Å². The Balaban J connectivity index is 1.70. The summed E-state index contributed by atoms with van der Waals surface area (Å²) in [4.78, 5) is 0. The summed E-state index contributed by atoms with van der Waals surface area (Å²) in [7, 11) is 0. The molecule has 3 nitrogen and oxygen atoms in total. The van der Waals surface area contributed by atoms with Gasteiger partial charge in [-0.25, -0.2) is 4.39 Å². The Morgan fingerprint density at radius 3 is 2.48 bits per heavy atom. The molecule has 0 aliphatic rings. The van der Waals surface area contributed by atoms with Gasteiger partial charge in [0.15, 0.2) is 11.6 Å². The van der Waals surface area contributed by atoms with Crippen molar-refractivity contribution in [1.82, 2.24) is 0 Å². The zero-order valence-corrected chi connectivity index (χ0v) is 13.7. The smallest absolute Gasteiger partial charge is 0.202 e. The van der Waals surface area contributed by atoms with Crippen LogP contribution in [0.1, 0.15) is 5.56 Å². The fourth-order valence-electron chi connectivity index (χ4n) is 2.24. The monoisotopic (exact) mass is 361 g/mol. The van der Waals surface area contributed by atoms with Crippen LogP contribution in [0.2, 0.25) is 5.02 Å². The third-order valence-corrected chi connectivity index (χ3v) is 3.75. The largest absolute Gasteiger partial charge is 0.503 e. The quantitative estimate of drug-likeness (QED) is 0.570. The molecule has 0 spiro atoms. The van der Waals surface area contributed by atoms with Gasteiger partial charge < -0.3 is 15.2 Å². The van der Waals surface area contributed by atoms with E-state index in [4.69, 9.17) is 16.3 Å². The summed E-state index contributed by atoms with van der Waals surface area (Å²) >= 11 is 5.84. The van der Waals surface area contributed by atoms with Crippen molar-refractivity contribution in [2.75, 3.05) is 5.32 Å². The van der Waals surface area contributed by atoms with Gasteiger partial charge in [-0.3, -0.25) is 0 Å². The van der Waals surface area contributed by atoms with E-state index in [0.717, 1.165) is 11.6 Å². The van der Waals surface area contributed by atoms with Crippen molar-refractivity contribution in [2.45, 2.75) is 6.54 Å². The van der Waals surface area contributed by atoms with Crippen LogP contribution in [-0.2, 0) is 6.54 Å². The predicted octanol–water partition coefficient (Wildman–Crippen LogP) is 5.73. The van der Waals surface area contributed by atoms with Crippen molar-refractivity contribution in [3.63, 3.8) is 0 Å². The molecule has 0 aliphatic carbocycles. The molecule has 0 radical (unpaired) electrons. The summed E-state index contributed by atoms with van der Waals surface area (Å²) in [5, 5.41) is 13.1. The third kappa shape index (κ3) is 4.19. The number of phenolic OH excluding ortho intramolecular Hbond substituents is 1. The number of aromatic hydroxyl groups is 1. The Labute approximate surface area is 148 Å². The lowest BCUT2D eigenvalue weighted by molar-refractivity contribution is 0.409. The van der Waals surface area contributed by atoms with Gasteiger partial charge in [0.2, 0.25) is 5.82 Å². The van der Waals surface area contributed by atoms with Crippen LogP contribution in [0, 0.1) is 11.6 Å². The van der Waals surface area contributed by atoms with Crippen molar-refractivity contribution in [2.24, 2.45) is 0 Å². The van der Waals surface area contributed by atoms with E-state index in [1.807, 2.05) is 12.1 Å². The summed E-state index contributed by atoms with van der Waals surface area (Å²) in [6.07, 6.45) is 0. The number of hydrogen-bond donors (Lipinski definition) is 2. The minimum absolute atomic E-state index is 0.114. The summed E-state index contributed by atoms with van der Waals surface area (Å²) < 4.78 is 32.1. The van der Waals surface area contributed by atoms with Crippen LogP contribution < -0.4 is 10.1 Å². The standard InChI is InChI=1S/C19H14ClF2NO2/c20-13-4-6-14(7-5-13)25-15-3-1-2-12(10-15)11-23-17-9-8-16(21)18(22)19(17)24/h1-10,23-24H,11H2. The van der Waals surface area contributed by atoms with Crippen LogP contribution in [0.25, 0.3) is 0 Å². The molecule has 0 amide bonds. The average Bonchev–Trinajstić information content (AvgIpc) is 2.61. The number of nitrogens with one attached hydrogen (secondary N) is 1. The van der Waals surface area contributed by atoms with Gasteiger partial charge in [0.05, 0.1) is 5.69 Å². The average molecular weight is 362 g/mol. The summed E-state index contributed by atoms with van der Waals surface area (Å²) in [6.45, 7) is 0.302. The SMILES string of the molecule is Oc1c(NCc2cccc(Oc3ccc(Cl)cc3)c2)ccc(F)c1F. The molecule has 128 valence electrons. The third-order valence-electron chi connectivity index (χ3n) is 3.50. The van der Waals surface area contributed by atoms with Crippen molar-refractivity contribution in [3.05, 3.63) is 82.9 Å². The predicted molar refractivity (Wildman–Crippen MR) is 93.3 cm³/mol. The van der Waals surface area contributed by atoms with Crippen LogP contribution in [0.5, 0.6) is 17.2 Å². The Morgan fingerprint density at radius 1 is 0.960 bits per heavy atom. The van der Waals surface area contributed by atoms with E-state index < -0.39 is 17.4 Å². The second kappa shape index (κ2) is 7.40. The number of ether oxygens (including phenoxy) is 1. The molecule has 0 aromatic heterocycles. The molecular formula is C19H14ClF2NO2. The molecule has 0 atom stereocenters. The van der Waals surface area contributed by atoms with Gasteiger partial charge in [-0.15, -0.1) is 0 Å². The molecule has 0 aliphatic heterocycles. The molecule has 0 fully saturated rings. The summed E-state index contributed by atoms with van der Waals surface area (Å²) in [5.74, 6) is -1.84. The molecule has 3 aromatic rings.